The third-order valence-electron chi connectivity index (χ3n) is 4.23. The van der Waals surface area contributed by atoms with Crippen molar-refractivity contribution in [3.8, 4) is 5.69 Å². The van der Waals surface area contributed by atoms with Crippen LogP contribution in [0.1, 0.15) is 41.6 Å². The molecule has 2 atom stereocenters. The number of benzene rings is 1. The van der Waals surface area contributed by atoms with Gasteiger partial charge < -0.3 is 9.47 Å². The summed E-state index contributed by atoms with van der Waals surface area (Å²) in [4.78, 5) is 12.4. The Kier molecular flexibility index (Phi) is 4.66. The van der Waals surface area contributed by atoms with Gasteiger partial charge in [0.25, 0.3) is 0 Å². The smallest absolute Gasteiger partial charge is 0.338 e. The molecule has 122 valence electrons. The summed E-state index contributed by atoms with van der Waals surface area (Å²) in [5.74, 6) is -0.315. The SMILES string of the molecule is CO[C@@H]1CCCC[C@@H]1OC(=O)c1ccc(-n2cnnn2)c(C)c1. The quantitative estimate of drug-likeness (QED) is 0.804. The van der Waals surface area contributed by atoms with Crippen LogP contribution in [0.25, 0.3) is 5.69 Å². The highest BCUT2D eigenvalue weighted by atomic mass is 16.6. The summed E-state index contributed by atoms with van der Waals surface area (Å²) in [7, 11) is 1.67. The molecular formula is C16H20N4O3. The zero-order valence-electron chi connectivity index (χ0n) is 13.3. The molecule has 2 aromatic rings. The molecule has 7 nitrogen and oxygen atoms in total. The number of hydrogen-bond acceptors (Lipinski definition) is 6. The third-order valence-corrected chi connectivity index (χ3v) is 4.23. The lowest BCUT2D eigenvalue weighted by atomic mass is 9.94. The van der Waals surface area contributed by atoms with Gasteiger partial charge in [0.15, 0.2) is 0 Å². The molecule has 0 spiro atoms. The minimum absolute atomic E-state index is 0.00528. The lowest BCUT2D eigenvalue weighted by molar-refractivity contribution is -0.0539. The topological polar surface area (TPSA) is 79.1 Å². The van der Waals surface area contributed by atoms with Crippen molar-refractivity contribution in [1.29, 1.82) is 0 Å². The number of rotatable bonds is 4. The molecule has 7 heteroatoms. The Morgan fingerprint density at radius 1 is 1.26 bits per heavy atom. The Morgan fingerprint density at radius 3 is 2.70 bits per heavy atom. The molecular weight excluding hydrogens is 296 g/mol. The van der Waals surface area contributed by atoms with Gasteiger partial charge in [-0.05, 0) is 60.4 Å². The number of aryl methyl sites for hydroxylation is 1. The maximum atomic E-state index is 12.4. The first kappa shape index (κ1) is 15.6. The molecule has 23 heavy (non-hydrogen) atoms. The fourth-order valence-electron chi connectivity index (χ4n) is 2.98. The van der Waals surface area contributed by atoms with Gasteiger partial charge in [0.2, 0.25) is 0 Å². The zero-order chi connectivity index (χ0) is 16.2. The molecule has 0 unspecified atom stereocenters. The number of methoxy groups -OCH3 is 1. The van der Waals surface area contributed by atoms with E-state index in [1.54, 1.807) is 23.9 Å². The van der Waals surface area contributed by atoms with E-state index in [1.807, 2.05) is 13.0 Å². The minimum atomic E-state index is -0.315. The first-order valence-electron chi connectivity index (χ1n) is 7.77. The second kappa shape index (κ2) is 6.87. The molecule has 0 amide bonds. The molecule has 0 aliphatic heterocycles. The minimum Gasteiger partial charge on any atom is -0.456 e. The van der Waals surface area contributed by atoms with Crippen molar-refractivity contribution < 1.29 is 14.3 Å². The average Bonchev–Trinajstić information content (AvgIpc) is 3.09. The molecule has 1 fully saturated rings. The summed E-state index contributed by atoms with van der Waals surface area (Å²) < 4.78 is 12.6. The lowest BCUT2D eigenvalue weighted by Crippen LogP contribution is -2.35. The maximum absolute atomic E-state index is 12.4. The van der Waals surface area contributed by atoms with E-state index < -0.39 is 0 Å². The second-order valence-corrected chi connectivity index (χ2v) is 5.76. The number of hydrogen-bond donors (Lipinski definition) is 0. The summed E-state index contributed by atoms with van der Waals surface area (Å²) in [6, 6.07) is 5.35. The number of aromatic nitrogens is 4. The van der Waals surface area contributed by atoms with Crippen molar-refractivity contribution >= 4 is 5.97 Å². The monoisotopic (exact) mass is 316 g/mol. The van der Waals surface area contributed by atoms with Crippen molar-refractivity contribution in [2.75, 3.05) is 7.11 Å². The third kappa shape index (κ3) is 3.39. The van der Waals surface area contributed by atoms with Crippen molar-refractivity contribution in [2.24, 2.45) is 0 Å². The van der Waals surface area contributed by atoms with Crippen LogP contribution < -0.4 is 0 Å². The van der Waals surface area contributed by atoms with Crippen LogP contribution >= 0.6 is 0 Å². The summed E-state index contributed by atoms with van der Waals surface area (Å²) in [6.45, 7) is 1.91. The maximum Gasteiger partial charge on any atom is 0.338 e. The van der Waals surface area contributed by atoms with Gasteiger partial charge in [-0.3, -0.25) is 0 Å². The van der Waals surface area contributed by atoms with Crippen molar-refractivity contribution in [2.45, 2.75) is 44.8 Å². The number of nitrogens with zero attached hydrogens (tertiary/aromatic N) is 4. The Hall–Kier alpha value is -2.28. The van der Waals surface area contributed by atoms with E-state index in [0.29, 0.717) is 5.56 Å². The van der Waals surface area contributed by atoms with Crippen LogP contribution in [0, 0.1) is 6.92 Å². The van der Waals surface area contributed by atoms with Gasteiger partial charge >= 0.3 is 5.97 Å². The van der Waals surface area contributed by atoms with E-state index in [2.05, 4.69) is 15.5 Å². The summed E-state index contributed by atoms with van der Waals surface area (Å²) in [5.41, 5.74) is 2.26. The molecule has 1 heterocycles. The van der Waals surface area contributed by atoms with Crippen LogP contribution in [0.3, 0.4) is 0 Å². The van der Waals surface area contributed by atoms with Crippen LogP contribution in [0.2, 0.25) is 0 Å². The molecule has 1 aliphatic carbocycles. The van der Waals surface area contributed by atoms with E-state index in [9.17, 15) is 4.79 Å². The summed E-state index contributed by atoms with van der Waals surface area (Å²) >= 11 is 0. The number of carbonyl (C=O) groups excluding carboxylic acids is 1. The molecule has 1 saturated carbocycles. The van der Waals surface area contributed by atoms with Gasteiger partial charge in [-0.1, -0.05) is 6.42 Å². The summed E-state index contributed by atoms with van der Waals surface area (Å²) in [5, 5.41) is 11.1. The molecule has 1 aromatic heterocycles. The highest BCUT2D eigenvalue weighted by Gasteiger charge is 2.28. The standard InChI is InChI=1S/C16H20N4O3/c1-11-9-12(7-8-13(11)20-10-17-18-19-20)16(21)23-15-6-4-3-5-14(15)22-2/h7-10,14-15H,3-6H2,1-2H3/t14-,15+/m1/s1. The lowest BCUT2D eigenvalue weighted by Gasteiger charge is -2.29. The van der Waals surface area contributed by atoms with Gasteiger partial charge in [-0.25, -0.2) is 9.48 Å². The van der Waals surface area contributed by atoms with E-state index >= 15 is 0 Å². The van der Waals surface area contributed by atoms with Crippen LogP contribution in [-0.2, 0) is 9.47 Å². The van der Waals surface area contributed by atoms with Gasteiger partial charge in [0.1, 0.15) is 12.4 Å². The molecule has 1 aromatic carbocycles. The Balaban J connectivity index is 1.74. The fourth-order valence-corrected chi connectivity index (χ4v) is 2.98. The second-order valence-electron chi connectivity index (χ2n) is 5.76. The van der Waals surface area contributed by atoms with Crippen molar-refractivity contribution in [3.05, 3.63) is 35.7 Å². The molecule has 0 radical (unpaired) electrons. The molecule has 0 N–H and O–H groups in total. The average molecular weight is 316 g/mol. The molecule has 0 bridgehead atoms. The largest absolute Gasteiger partial charge is 0.456 e. The van der Waals surface area contributed by atoms with E-state index in [-0.39, 0.29) is 18.2 Å². The number of tetrazole rings is 1. The van der Waals surface area contributed by atoms with E-state index in [1.165, 1.54) is 6.33 Å². The Labute approximate surface area is 134 Å². The van der Waals surface area contributed by atoms with Crippen molar-refractivity contribution in [1.82, 2.24) is 20.2 Å². The molecule has 1 aliphatic rings. The number of esters is 1. The highest BCUT2D eigenvalue weighted by Crippen LogP contribution is 2.25. The van der Waals surface area contributed by atoms with Gasteiger partial charge in [0, 0.05) is 7.11 Å². The fraction of sp³-hybridized carbons (Fsp3) is 0.500. The Bertz CT molecular complexity index is 672. The normalized spacial score (nSPS) is 21.1. The van der Waals surface area contributed by atoms with Crippen LogP contribution in [0.5, 0.6) is 0 Å². The highest BCUT2D eigenvalue weighted by molar-refractivity contribution is 5.90. The number of ether oxygens (including phenoxy) is 2. The van der Waals surface area contributed by atoms with Gasteiger partial charge in [-0.2, -0.15) is 0 Å². The first-order valence-corrected chi connectivity index (χ1v) is 7.77. The van der Waals surface area contributed by atoms with Gasteiger partial charge in [0.05, 0.1) is 17.4 Å². The predicted molar refractivity (Wildman–Crippen MR) is 82.4 cm³/mol. The van der Waals surface area contributed by atoms with Crippen molar-refractivity contribution in [3.63, 3.8) is 0 Å². The van der Waals surface area contributed by atoms with Crippen LogP contribution in [0.15, 0.2) is 24.5 Å². The molecule has 0 saturated heterocycles. The van der Waals surface area contributed by atoms with Crippen LogP contribution in [-0.4, -0.2) is 45.5 Å². The first-order chi connectivity index (χ1) is 11.2. The zero-order valence-corrected chi connectivity index (χ0v) is 13.3. The van der Waals surface area contributed by atoms with Crippen LogP contribution in [0.4, 0.5) is 0 Å². The van der Waals surface area contributed by atoms with Gasteiger partial charge in [-0.15, -0.1) is 5.10 Å². The molecule has 3 rings (SSSR count). The van der Waals surface area contributed by atoms with E-state index in [0.717, 1.165) is 36.9 Å². The summed E-state index contributed by atoms with van der Waals surface area (Å²) in [6.07, 6.45) is 5.32. The predicted octanol–water partition coefficient (Wildman–Crippen LogP) is 2.09. The number of carbonyl (C=O) groups is 1. The van der Waals surface area contributed by atoms with E-state index in [4.69, 9.17) is 9.47 Å². The Morgan fingerprint density at radius 2 is 2.04 bits per heavy atom.